The van der Waals surface area contributed by atoms with Crippen LogP contribution >= 0.6 is 15.9 Å². The van der Waals surface area contributed by atoms with Crippen molar-refractivity contribution < 1.29 is 9.47 Å². The maximum atomic E-state index is 5.67. The molecule has 1 aromatic carbocycles. The van der Waals surface area contributed by atoms with Crippen LogP contribution < -0.4 is 15.2 Å². The highest BCUT2D eigenvalue weighted by Crippen LogP contribution is 2.43. The van der Waals surface area contributed by atoms with Crippen LogP contribution in [-0.2, 0) is 13.0 Å². The van der Waals surface area contributed by atoms with Crippen LogP contribution in [0.4, 0.5) is 0 Å². The lowest BCUT2D eigenvalue weighted by molar-refractivity contribution is 0.173. The molecule has 0 amide bonds. The van der Waals surface area contributed by atoms with Crippen LogP contribution in [0, 0.1) is 0 Å². The average Bonchev–Trinajstić information content (AvgIpc) is 2.66. The lowest BCUT2D eigenvalue weighted by Gasteiger charge is -2.10. The summed E-state index contributed by atoms with van der Waals surface area (Å²) in [5.74, 6) is 1.65. The fourth-order valence-electron chi connectivity index (χ4n) is 1.70. The molecule has 0 saturated carbocycles. The Morgan fingerprint density at radius 3 is 2.79 bits per heavy atom. The van der Waals surface area contributed by atoms with Gasteiger partial charge >= 0.3 is 0 Å². The third-order valence-electron chi connectivity index (χ3n) is 2.37. The maximum absolute atomic E-state index is 5.67. The smallest absolute Gasteiger partial charge is 0.231 e. The van der Waals surface area contributed by atoms with Crippen molar-refractivity contribution in [1.82, 2.24) is 0 Å². The summed E-state index contributed by atoms with van der Waals surface area (Å²) >= 11 is 3.44. The molecule has 1 aliphatic heterocycles. The molecule has 0 fully saturated rings. The molecule has 14 heavy (non-hydrogen) atoms. The Morgan fingerprint density at radius 2 is 2.14 bits per heavy atom. The summed E-state index contributed by atoms with van der Waals surface area (Å²) in [6.45, 7) is 2.91. The van der Waals surface area contributed by atoms with Gasteiger partial charge in [0, 0.05) is 12.1 Å². The van der Waals surface area contributed by atoms with Gasteiger partial charge in [0.1, 0.15) is 0 Å². The van der Waals surface area contributed by atoms with Gasteiger partial charge in [-0.2, -0.15) is 0 Å². The molecule has 1 aromatic rings. The lowest BCUT2D eigenvalue weighted by atomic mass is 10.0. The number of fused-ring (bicyclic) bond motifs is 1. The Morgan fingerprint density at radius 1 is 1.43 bits per heavy atom. The minimum Gasteiger partial charge on any atom is -0.453 e. The van der Waals surface area contributed by atoms with Crippen LogP contribution in [-0.4, -0.2) is 6.79 Å². The molecule has 0 spiro atoms. The minimum absolute atomic E-state index is 0.301. The van der Waals surface area contributed by atoms with Crippen molar-refractivity contribution in [1.29, 1.82) is 0 Å². The third-order valence-corrected chi connectivity index (χ3v) is 2.95. The monoisotopic (exact) mass is 257 g/mol. The highest BCUT2D eigenvalue weighted by atomic mass is 79.9. The van der Waals surface area contributed by atoms with E-state index in [-0.39, 0.29) is 0 Å². The molecule has 0 saturated heterocycles. The molecule has 76 valence electrons. The van der Waals surface area contributed by atoms with Gasteiger partial charge in [-0.1, -0.05) is 6.92 Å². The Labute approximate surface area is 91.3 Å². The summed E-state index contributed by atoms with van der Waals surface area (Å²) in [5, 5.41) is 0. The van der Waals surface area contributed by atoms with Gasteiger partial charge in [-0.15, -0.1) is 0 Å². The Kier molecular flexibility index (Phi) is 2.65. The molecule has 3 nitrogen and oxygen atoms in total. The standard InChI is InChI=1S/C10H12BrNO2/c1-2-7-6(4-12)3-8(11)10-9(7)13-5-14-10/h3H,2,4-5,12H2,1H3. The molecule has 0 bridgehead atoms. The van der Waals surface area contributed by atoms with E-state index in [1.165, 1.54) is 0 Å². The van der Waals surface area contributed by atoms with E-state index in [4.69, 9.17) is 15.2 Å². The van der Waals surface area contributed by atoms with Gasteiger partial charge in [0.15, 0.2) is 11.5 Å². The fraction of sp³-hybridized carbons (Fsp3) is 0.400. The minimum atomic E-state index is 0.301. The van der Waals surface area contributed by atoms with Crippen molar-refractivity contribution >= 4 is 15.9 Å². The quantitative estimate of drug-likeness (QED) is 0.884. The first-order valence-electron chi connectivity index (χ1n) is 4.57. The Bertz CT molecular complexity index is 366. The number of hydrogen-bond acceptors (Lipinski definition) is 3. The topological polar surface area (TPSA) is 44.5 Å². The lowest BCUT2D eigenvalue weighted by Crippen LogP contribution is -2.02. The van der Waals surface area contributed by atoms with E-state index in [1.54, 1.807) is 0 Å². The van der Waals surface area contributed by atoms with E-state index in [1.807, 2.05) is 6.07 Å². The summed E-state index contributed by atoms with van der Waals surface area (Å²) in [6, 6.07) is 2.01. The van der Waals surface area contributed by atoms with Gasteiger partial charge in [0.2, 0.25) is 6.79 Å². The van der Waals surface area contributed by atoms with Crippen LogP contribution in [0.2, 0.25) is 0 Å². The zero-order valence-corrected chi connectivity index (χ0v) is 9.56. The van der Waals surface area contributed by atoms with Crippen LogP contribution in [0.3, 0.4) is 0 Å². The van der Waals surface area contributed by atoms with E-state index in [9.17, 15) is 0 Å². The molecular weight excluding hydrogens is 246 g/mol. The van der Waals surface area contributed by atoms with Crippen molar-refractivity contribution in [3.8, 4) is 11.5 Å². The molecule has 2 N–H and O–H groups in total. The van der Waals surface area contributed by atoms with E-state index in [0.29, 0.717) is 13.3 Å². The number of ether oxygens (including phenoxy) is 2. The number of nitrogens with two attached hydrogens (primary N) is 1. The second-order valence-electron chi connectivity index (χ2n) is 3.12. The summed E-state index contributed by atoms with van der Waals surface area (Å²) in [7, 11) is 0. The molecular formula is C10H12BrNO2. The predicted octanol–water partition coefficient (Wildman–Crippen LogP) is 2.20. The number of halogens is 1. The first kappa shape index (κ1) is 9.80. The second kappa shape index (κ2) is 3.79. The van der Waals surface area contributed by atoms with E-state index in [0.717, 1.165) is 33.5 Å². The highest BCUT2D eigenvalue weighted by molar-refractivity contribution is 9.10. The van der Waals surface area contributed by atoms with E-state index >= 15 is 0 Å². The molecule has 0 aliphatic carbocycles. The maximum Gasteiger partial charge on any atom is 0.231 e. The zero-order chi connectivity index (χ0) is 10.1. The van der Waals surface area contributed by atoms with Crippen molar-refractivity contribution in [3.63, 3.8) is 0 Å². The summed E-state index contributed by atoms with van der Waals surface area (Å²) < 4.78 is 11.7. The zero-order valence-electron chi connectivity index (χ0n) is 7.97. The van der Waals surface area contributed by atoms with E-state index < -0.39 is 0 Å². The summed E-state index contributed by atoms with van der Waals surface area (Å²) in [4.78, 5) is 0. The first-order valence-corrected chi connectivity index (χ1v) is 5.37. The van der Waals surface area contributed by atoms with Crippen LogP contribution in [0.1, 0.15) is 18.1 Å². The number of hydrogen-bond donors (Lipinski definition) is 1. The van der Waals surface area contributed by atoms with Gasteiger partial charge in [-0.05, 0) is 34.0 Å². The first-order chi connectivity index (χ1) is 6.77. The summed E-state index contributed by atoms with van der Waals surface area (Å²) in [5.41, 5.74) is 7.94. The van der Waals surface area contributed by atoms with Gasteiger partial charge in [-0.25, -0.2) is 0 Å². The third kappa shape index (κ3) is 1.38. The molecule has 0 unspecified atom stereocenters. The van der Waals surface area contributed by atoms with Gasteiger partial charge in [0.05, 0.1) is 4.47 Å². The molecule has 0 aromatic heterocycles. The van der Waals surface area contributed by atoms with E-state index in [2.05, 4.69) is 22.9 Å². The average molecular weight is 258 g/mol. The van der Waals surface area contributed by atoms with Gasteiger partial charge < -0.3 is 15.2 Å². The SMILES string of the molecule is CCc1c(CN)cc(Br)c2c1OCO2. The van der Waals surface area contributed by atoms with Crippen LogP contribution in [0.15, 0.2) is 10.5 Å². The van der Waals surface area contributed by atoms with Crippen molar-refractivity contribution in [3.05, 3.63) is 21.7 Å². The predicted molar refractivity (Wildman–Crippen MR) is 57.5 cm³/mol. The molecule has 4 heteroatoms. The molecule has 2 rings (SSSR count). The van der Waals surface area contributed by atoms with Crippen molar-refractivity contribution in [2.24, 2.45) is 5.73 Å². The van der Waals surface area contributed by atoms with Crippen LogP contribution in [0.25, 0.3) is 0 Å². The molecule has 0 radical (unpaired) electrons. The normalized spacial score (nSPS) is 13.4. The second-order valence-corrected chi connectivity index (χ2v) is 3.97. The molecule has 1 heterocycles. The van der Waals surface area contributed by atoms with Crippen LogP contribution in [0.5, 0.6) is 11.5 Å². The summed E-state index contributed by atoms with van der Waals surface area (Å²) in [6.07, 6.45) is 0.908. The molecule has 1 aliphatic rings. The number of benzene rings is 1. The molecule has 0 atom stereocenters. The number of rotatable bonds is 2. The van der Waals surface area contributed by atoms with Crippen molar-refractivity contribution in [2.45, 2.75) is 19.9 Å². The fourth-order valence-corrected chi connectivity index (χ4v) is 2.27. The highest BCUT2D eigenvalue weighted by Gasteiger charge is 2.22. The van der Waals surface area contributed by atoms with Crippen molar-refractivity contribution in [2.75, 3.05) is 6.79 Å². The largest absolute Gasteiger partial charge is 0.453 e. The van der Waals surface area contributed by atoms with Gasteiger partial charge in [0.25, 0.3) is 0 Å². The van der Waals surface area contributed by atoms with Gasteiger partial charge in [-0.3, -0.25) is 0 Å². The Balaban J connectivity index is 2.62. The Hall–Kier alpha value is -0.740.